The predicted octanol–water partition coefficient (Wildman–Crippen LogP) is 4.02. The van der Waals surface area contributed by atoms with Crippen LogP contribution in [0.25, 0.3) is 0 Å². The molecule has 112 valence electrons. The van der Waals surface area contributed by atoms with Gasteiger partial charge >= 0.3 is 17.1 Å². The Morgan fingerprint density at radius 3 is 2.00 bits per heavy atom. The summed E-state index contributed by atoms with van der Waals surface area (Å²) in [5, 5.41) is 0. The fourth-order valence-electron chi connectivity index (χ4n) is 1.86. The molecule has 21 heavy (non-hydrogen) atoms. The van der Waals surface area contributed by atoms with E-state index in [0.29, 0.717) is 6.61 Å². The molecule has 1 atom stereocenters. The van der Waals surface area contributed by atoms with Gasteiger partial charge in [-0.25, -0.2) is 4.99 Å². The molecule has 4 heteroatoms. The summed E-state index contributed by atoms with van der Waals surface area (Å²) in [6, 6.07) is 0.276. The zero-order valence-electron chi connectivity index (χ0n) is 12.5. The SMILES string of the molecule is CC(C)(C)[C@H]1COC([C]2[CH][CH][CH][C]2I)=N1.[CH]1[CH][CH][CH][CH]1.[Fe+2]. The maximum absolute atomic E-state index is 5.66. The topological polar surface area (TPSA) is 21.6 Å². The summed E-state index contributed by atoms with van der Waals surface area (Å²) in [6.45, 7) is 7.30. The van der Waals surface area contributed by atoms with Gasteiger partial charge in [-0.2, -0.15) is 0 Å². The van der Waals surface area contributed by atoms with Crippen LogP contribution in [0.3, 0.4) is 0 Å². The molecule has 0 aromatic heterocycles. The van der Waals surface area contributed by atoms with E-state index in [4.69, 9.17) is 4.74 Å². The molecule has 0 saturated heterocycles. The Labute approximate surface area is 154 Å². The van der Waals surface area contributed by atoms with Gasteiger partial charge in [-0.3, -0.25) is 0 Å². The molecule has 0 spiro atoms. The summed E-state index contributed by atoms with van der Waals surface area (Å²) in [7, 11) is 0. The first-order valence-corrected chi connectivity index (χ1v) is 7.85. The fourth-order valence-corrected chi connectivity index (χ4v) is 2.48. The average Bonchev–Trinajstić information content (AvgIpc) is 3.11. The minimum absolute atomic E-state index is 0. The molecule has 1 heterocycles. The minimum Gasteiger partial charge on any atom is -0.478 e. The second-order valence-corrected chi connectivity index (χ2v) is 7.04. The molecule has 2 fully saturated rings. The third-order valence-corrected chi connectivity index (χ3v) is 4.14. The van der Waals surface area contributed by atoms with Gasteiger partial charge in [0.2, 0.25) is 0 Å². The average molecular weight is 437 g/mol. The van der Waals surface area contributed by atoms with E-state index >= 15 is 0 Å². The molecular weight excluding hydrogens is 417 g/mol. The smallest absolute Gasteiger partial charge is 0.478 e. The van der Waals surface area contributed by atoms with Crippen LogP contribution in [0.4, 0.5) is 0 Å². The minimum atomic E-state index is 0. The zero-order chi connectivity index (χ0) is 14.6. The van der Waals surface area contributed by atoms with Crippen molar-refractivity contribution in [2.75, 3.05) is 6.61 Å². The van der Waals surface area contributed by atoms with Crippen molar-refractivity contribution in [3.05, 3.63) is 61.2 Å². The summed E-state index contributed by atoms with van der Waals surface area (Å²) in [4.78, 5) is 4.65. The monoisotopic (exact) mass is 437 g/mol. The van der Waals surface area contributed by atoms with Crippen molar-refractivity contribution in [3.63, 3.8) is 0 Å². The molecule has 0 aromatic rings. The molecule has 3 rings (SSSR count). The Bertz CT molecular complexity index is 329. The van der Waals surface area contributed by atoms with E-state index in [1.807, 2.05) is 38.5 Å². The second kappa shape index (κ2) is 9.12. The number of aliphatic imine (C=N–C) groups is 1. The zero-order valence-corrected chi connectivity index (χ0v) is 15.8. The van der Waals surface area contributed by atoms with Gasteiger partial charge in [-0.05, 0) is 56.8 Å². The quantitative estimate of drug-likeness (QED) is 0.449. The van der Waals surface area contributed by atoms with Crippen LogP contribution >= 0.6 is 22.6 Å². The Kier molecular flexibility index (Phi) is 8.59. The van der Waals surface area contributed by atoms with Crippen molar-refractivity contribution < 1.29 is 21.8 Å². The third kappa shape index (κ3) is 6.02. The summed E-state index contributed by atoms with van der Waals surface area (Å²) in [5.74, 6) is 1.94. The first-order valence-electron chi connectivity index (χ1n) is 6.77. The number of halogens is 1. The van der Waals surface area contributed by atoms with Crippen molar-refractivity contribution in [2.24, 2.45) is 10.4 Å². The molecule has 0 bridgehead atoms. The summed E-state index contributed by atoms with van der Waals surface area (Å²) in [5.41, 5.74) is 0.180. The maximum atomic E-state index is 5.66. The molecule has 3 aliphatic rings. The second-order valence-electron chi connectivity index (χ2n) is 5.88. The van der Waals surface area contributed by atoms with Gasteiger partial charge in [-0.15, -0.1) is 0 Å². The molecule has 2 aliphatic carbocycles. The fraction of sp³-hybridized carbons (Fsp3) is 0.353. The molecular formula is C17H20FeINO+2. The normalized spacial score (nSPS) is 26.7. The van der Waals surface area contributed by atoms with Gasteiger partial charge in [0.05, 0.1) is 15.9 Å². The number of nitrogens with zero attached hydrogens (tertiary/aromatic N) is 1. The van der Waals surface area contributed by atoms with Gasteiger partial charge in [-0.1, -0.05) is 43.4 Å². The van der Waals surface area contributed by atoms with Crippen molar-refractivity contribution >= 4 is 28.5 Å². The van der Waals surface area contributed by atoms with E-state index in [-0.39, 0.29) is 28.5 Å². The van der Waals surface area contributed by atoms with Crippen LogP contribution in [0.5, 0.6) is 0 Å². The van der Waals surface area contributed by atoms with Crippen LogP contribution in [0.2, 0.25) is 0 Å². The van der Waals surface area contributed by atoms with E-state index in [1.54, 1.807) is 0 Å². The van der Waals surface area contributed by atoms with Crippen LogP contribution in [-0.2, 0) is 21.8 Å². The van der Waals surface area contributed by atoms with Crippen molar-refractivity contribution in [2.45, 2.75) is 26.8 Å². The number of rotatable bonds is 1. The Morgan fingerprint density at radius 2 is 1.62 bits per heavy atom. The first-order chi connectivity index (χ1) is 9.48. The Balaban J connectivity index is 0.000000313. The van der Waals surface area contributed by atoms with Gasteiger partial charge in [0, 0.05) is 0 Å². The third-order valence-electron chi connectivity index (χ3n) is 3.20. The van der Waals surface area contributed by atoms with Gasteiger partial charge in [0.15, 0.2) is 5.90 Å². The summed E-state index contributed by atoms with van der Waals surface area (Å²) in [6.07, 6.45) is 16.2. The molecule has 2 nitrogen and oxygen atoms in total. The molecule has 2 saturated carbocycles. The summed E-state index contributed by atoms with van der Waals surface area (Å²) >= 11 is 2.31. The van der Waals surface area contributed by atoms with E-state index < -0.39 is 0 Å². The molecule has 0 amide bonds. The number of hydrogen-bond acceptors (Lipinski definition) is 2. The molecule has 10 radical (unpaired) electrons. The summed E-state index contributed by atoms with van der Waals surface area (Å²) < 4.78 is 6.87. The number of hydrogen-bond donors (Lipinski definition) is 0. The maximum Gasteiger partial charge on any atom is 2.00 e. The van der Waals surface area contributed by atoms with E-state index in [1.165, 1.54) is 3.92 Å². The first kappa shape index (κ1) is 19.8. The van der Waals surface area contributed by atoms with Crippen molar-refractivity contribution in [1.82, 2.24) is 0 Å². The molecule has 1 aliphatic heterocycles. The van der Waals surface area contributed by atoms with Crippen LogP contribution < -0.4 is 0 Å². The predicted molar refractivity (Wildman–Crippen MR) is 91.5 cm³/mol. The van der Waals surface area contributed by atoms with Gasteiger partial charge < -0.3 is 4.74 Å². The number of ether oxygens (including phenoxy) is 1. The van der Waals surface area contributed by atoms with E-state index in [0.717, 1.165) is 11.8 Å². The molecule has 0 aromatic carbocycles. The van der Waals surface area contributed by atoms with E-state index in [2.05, 4.69) is 61.2 Å². The van der Waals surface area contributed by atoms with Gasteiger partial charge in [0.25, 0.3) is 0 Å². The van der Waals surface area contributed by atoms with Crippen LogP contribution in [-0.4, -0.2) is 18.5 Å². The largest absolute Gasteiger partial charge is 2.00 e. The van der Waals surface area contributed by atoms with Crippen LogP contribution in [0.15, 0.2) is 4.99 Å². The Morgan fingerprint density at radius 1 is 1.05 bits per heavy atom. The molecule has 0 unspecified atom stereocenters. The Hall–Kier alpha value is 0.719. The van der Waals surface area contributed by atoms with E-state index in [9.17, 15) is 0 Å². The standard InChI is InChI=1S/C12H15INO.C5H5.Fe/c1-12(2,3)10-7-15-11(14-10)8-5-4-6-9(8)13;1-2-4-5-3-1;/h4-6,10H,7H2,1-3H3;1-5H;/q;;+2/t10-;;/m1../s1. The van der Waals surface area contributed by atoms with Crippen molar-refractivity contribution in [3.8, 4) is 0 Å². The van der Waals surface area contributed by atoms with Crippen LogP contribution in [0, 0.1) is 66.6 Å². The van der Waals surface area contributed by atoms with Gasteiger partial charge in [0.1, 0.15) is 6.61 Å². The van der Waals surface area contributed by atoms with Crippen LogP contribution in [0.1, 0.15) is 20.8 Å². The molecule has 0 N–H and O–H groups in total. The van der Waals surface area contributed by atoms with Crippen molar-refractivity contribution in [1.29, 1.82) is 0 Å².